The summed E-state index contributed by atoms with van der Waals surface area (Å²) in [6.45, 7) is 4.33. The van der Waals surface area contributed by atoms with Gasteiger partial charge in [-0.3, -0.25) is 9.59 Å². The van der Waals surface area contributed by atoms with Gasteiger partial charge in [-0.1, -0.05) is 0 Å². The number of benzene rings is 1. The lowest BCUT2D eigenvalue weighted by Gasteiger charge is -2.33. The molecule has 130 valence electrons. The van der Waals surface area contributed by atoms with Gasteiger partial charge in [0.15, 0.2) is 6.10 Å². The number of fused-ring (bicyclic) bond motifs is 1. The van der Waals surface area contributed by atoms with E-state index in [4.69, 9.17) is 4.74 Å². The number of nitrogens with one attached hydrogen (secondary N) is 1. The van der Waals surface area contributed by atoms with Gasteiger partial charge in [0.2, 0.25) is 15.9 Å². The minimum absolute atomic E-state index is 0.0604. The van der Waals surface area contributed by atoms with Crippen LogP contribution in [0.5, 0.6) is 5.75 Å². The number of carbonyl (C=O) groups excluding carboxylic acids is 2. The molecule has 0 bridgehead atoms. The lowest BCUT2D eigenvalue weighted by molar-refractivity contribution is -0.130. The van der Waals surface area contributed by atoms with E-state index < -0.39 is 16.1 Å². The van der Waals surface area contributed by atoms with Crippen molar-refractivity contribution in [2.75, 3.05) is 31.5 Å². The van der Waals surface area contributed by atoms with E-state index >= 15 is 0 Å². The van der Waals surface area contributed by atoms with Crippen LogP contribution in [-0.4, -0.2) is 61.7 Å². The normalized spacial score (nSPS) is 21.7. The summed E-state index contributed by atoms with van der Waals surface area (Å²) in [5.74, 6) is 0.0735. The third-order valence-corrected chi connectivity index (χ3v) is 6.10. The Morgan fingerprint density at radius 2 is 1.92 bits per heavy atom. The van der Waals surface area contributed by atoms with Crippen LogP contribution in [0.2, 0.25) is 0 Å². The Kier molecular flexibility index (Phi) is 4.22. The first-order chi connectivity index (χ1) is 11.3. The molecule has 3 rings (SSSR count). The molecule has 8 nitrogen and oxygen atoms in total. The van der Waals surface area contributed by atoms with Gasteiger partial charge in [0.05, 0.1) is 10.6 Å². The summed E-state index contributed by atoms with van der Waals surface area (Å²) >= 11 is 0. The number of carbonyl (C=O) groups is 2. The number of rotatable bonds is 2. The van der Waals surface area contributed by atoms with E-state index in [9.17, 15) is 18.0 Å². The Hall–Kier alpha value is -2.13. The molecule has 0 aromatic heterocycles. The third-order valence-electron chi connectivity index (χ3n) is 4.20. The average Bonchev–Trinajstić information content (AvgIpc) is 2.55. The number of amides is 2. The first-order valence-corrected chi connectivity index (χ1v) is 9.10. The van der Waals surface area contributed by atoms with Crippen molar-refractivity contribution < 1.29 is 22.7 Å². The number of nitrogens with zero attached hydrogens (tertiary/aromatic N) is 2. The zero-order chi connectivity index (χ0) is 17.5. The minimum Gasteiger partial charge on any atom is -0.479 e. The molecule has 1 N–H and O–H groups in total. The molecule has 1 aromatic rings. The van der Waals surface area contributed by atoms with Crippen LogP contribution in [0.15, 0.2) is 23.1 Å². The topological polar surface area (TPSA) is 96.0 Å². The predicted molar refractivity (Wildman–Crippen MR) is 86.2 cm³/mol. The largest absolute Gasteiger partial charge is 0.479 e. The maximum atomic E-state index is 12.8. The fraction of sp³-hybridized carbons (Fsp3) is 0.467. The van der Waals surface area contributed by atoms with Crippen LogP contribution in [-0.2, 0) is 19.6 Å². The molecule has 0 aliphatic carbocycles. The van der Waals surface area contributed by atoms with E-state index in [0.717, 1.165) is 0 Å². The molecular formula is C15H19N3O5S. The standard InChI is InChI=1S/C15H19N3O5S/c1-10-15(20)16-13-9-12(3-4-14(13)23-10)24(21,22)18-7-5-17(6-8-18)11(2)19/h3-4,9-10H,5-8H2,1-2H3,(H,16,20)/t10-/m1/s1. The highest BCUT2D eigenvalue weighted by atomic mass is 32.2. The molecule has 0 unspecified atom stereocenters. The van der Waals surface area contributed by atoms with Gasteiger partial charge < -0.3 is 15.0 Å². The number of hydrogen-bond donors (Lipinski definition) is 1. The molecule has 2 aliphatic heterocycles. The minimum atomic E-state index is -3.69. The third kappa shape index (κ3) is 2.96. The van der Waals surface area contributed by atoms with Gasteiger partial charge in [-0.25, -0.2) is 8.42 Å². The van der Waals surface area contributed by atoms with Gasteiger partial charge in [0, 0.05) is 33.1 Å². The quantitative estimate of drug-likeness (QED) is 0.823. The smallest absolute Gasteiger partial charge is 0.265 e. The second kappa shape index (κ2) is 6.06. The van der Waals surface area contributed by atoms with Gasteiger partial charge >= 0.3 is 0 Å². The van der Waals surface area contributed by atoms with Gasteiger partial charge in [0.25, 0.3) is 5.91 Å². The summed E-state index contributed by atoms with van der Waals surface area (Å²) in [4.78, 5) is 24.7. The van der Waals surface area contributed by atoms with Crippen LogP contribution in [0.4, 0.5) is 5.69 Å². The summed E-state index contributed by atoms with van der Waals surface area (Å²) in [7, 11) is -3.69. The molecule has 9 heteroatoms. The number of piperazine rings is 1. The van der Waals surface area contributed by atoms with Crippen LogP contribution in [0.3, 0.4) is 0 Å². The number of anilines is 1. The maximum absolute atomic E-state index is 12.8. The van der Waals surface area contributed by atoms with Crippen LogP contribution in [0, 0.1) is 0 Å². The molecular weight excluding hydrogens is 334 g/mol. The Morgan fingerprint density at radius 3 is 2.54 bits per heavy atom. The van der Waals surface area contributed by atoms with E-state index in [1.807, 2.05) is 0 Å². The SMILES string of the molecule is CC(=O)N1CCN(S(=O)(=O)c2ccc3c(c2)NC(=O)[C@@H](C)O3)CC1. The Morgan fingerprint density at radius 1 is 1.25 bits per heavy atom. The number of ether oxygens (including phenoxy) is 1. The molecule has 24 heavy (non-hydrogen) atoms. The molecule has 2 heterocycles. The van der Waals surface area contributed by atoms with E-state index in [0.29, 0.717) is 24.5 Å². The van der Waals surface area contributed by atoms with Gasteiger partial charge in [0.1, 0.15) is 5.75 Å². The van der Waals surface area contributed by atoms with Crippen molar-refractivity contribution in [3.63, 3.8) is 0 Å². The lowest BCUT2D eigenvalue weighted by atomic mass is 10.2. The molecule has 0 radical (unpaired) electrons. The zero-order valence-electron chi connectivity index (χ0n) is 13.5. The predicted octanol–water partition coefficient (Wildman–Crippen LogP) is 0.259. The van der Waals surface area contributed by atoms with Crippen molar-refractivity contribution in [2.45, 2.75) is 24.8 Å². The van der Waals surface area contributed by atoms with Crippen molar-refractivity contribution >= 4 is 27.5 Å². The average molecular weight is 353 g/mol. The molecule has 1 aromatic carbocycles. The van der Waals surface area contributed by atoms with E-state index in [1.165, 1.54) is 23.4 Å². The monoisotopic (exact) mass is 353 g/mol. The Labute approximate surface area is 140 Å². The molecule has 1 saturated heterocycles. The summed E-state index contributed by atoms with van der Waals surface area (Å²) < 4.78 is 32.3. The van der Waals surface area contributed by atoms with Crippen LogP contribution >= 0.6 is 0 Å². The van der Waals surface area contributed by atoms with Crippen molar-refractivity contribution in [3.8, 4) is 5.75 Å². The van der Waals surface area contributed by atoms with Crippen molar-refractivity contribution in [2.24, 2.45) is 0 Å². The van der Waals surface area contributed by atoms with Gasteiger partial charge in [-0.15, -0.1) is 0 Å². The van der Waals surface area contributed by atoms with Crippen LogP contribution in [0.1, 0.15) is 13.8 Å². The van der Waals surface area contributed by atoms with Crippen molar-refractivity contribution in [1.29, 1.82) is 0 Å². The molecule has 1 atom stereocenters. The van der Waals surface area contributed by atoms with Gasteiger partial charge in [-0.05, 0) is 25.1 Å². The van der Waals surface area contributed by atoms with Crippen molar-refractivity contribution in [1.82, 2.24) is 9.21 Å². The second-order valence-electron chi connectivity index (χ2n) is 5.82. The molecule has 2 aliphatic rings. The highest BCUT2D eigenvalue weighted by molar-refractivity contribution is 7.89. The summed E-state index contributed by atoms with van der Waals surface area (Å²) in [6.07, 6.45) is -0.611. The zero-order valence-corrected chi connectivity index (χ0v) is 14.3. The lowest BCUT2D eigenvalue weighted by Crippen LogP contribution is -2.49. The fourth-order valence-corrected chi connectivity index (χ4v) is 4.19. The molecule has 0 spiro atoms. The Bertz CT molecular complexity index is 784. The van der Waals surface area contributed by atoms with Crippen LogP contribution in [0.25, 0.3) is 0 Å². The highest BCUT2D eigenvalue weighted by Gasteiger charge is 2.31. The summed E-state index contributed by atoms with van der Waals surface area (Å²) in [5, 5.41) is 2.65. The Balaban J connectivity index is 1.82. The summed E-state index contributed by atoms with van der Waals surface area (Å²) in [6, 6.07) is 4.42. The number of hydrogen-bond acceptors (Lipinski definition) is 5. The van der Waals surface area contributed by atoms with Gasteiger partial charge in [-0.2, -0.15) is 4.31 Å². The van der Waals surface area contributed by atoms with E-state index in [-0.39, 0.29) is 29.8 Å². The second-order valence-corrected chi connectivity index (χ2v) is 7.76. The fourth-order valence-electron chi connectivity index (χ4n) is 2.74. The maximum Gasteiger partial charge on any atom is 0.265 e. The molecule has 1 fully saturated rings. The summed E-state index contributed by atoms with van der Waals surface area (Å²) in [5.41, 5.74) is 0.349. The van der Waals surface area contributed by atoms with E-state index in [2.05, 4.69) is 5.32 Å². The number of sulfonamides is 1. The van der Waals surface area contributed by atoms with E-state index in [1.54, 1.807) is 17.9 Å². The first-order valence-electron chi connectivity index (χ1n) is 7.66. The first kappa shape index (κ1) is 16.7. The molecule has 0 saturated carbocycles. The molecule has 2 amide bonds. The van der Waals surface area contributed by atoms with Crippen molar-refractivity contribution in [3.05, 3.63) is 18.2 Å². The highest BCUT2D eigenvalue weighted by Crippen LogP contribution is 2.32. The van der Waals surface area contributed by atoms with Crippen LogP contribution < -0.4 is 10.1 Å².